The molecule has 4 unspecified atom stereocenters. The molecule has 4 N–H and O–H groups in total. The maximum Gasteiger partial charge on any atom is 0.329 e. The number of hydrogen-bond donors (Lipinski definition) is 4. The fraction of sp³-hybridized carbons (Fsp3) is 0.466. The van der Waals surface area contributed by atoms with Gasteiger partial charge >= 0.3 is 5.97 Å². The molecule has 0 radical (unpaired) electrons. The molecule has 6 atom stereocenters. The second-order valence-corrected chi connectivity index (χ2v) is 25.0. The van der Waals surface area contributed by atoms with Gasteiger partial charge in [-0.05, 0) is 167 Å². The summed E-state index contributed by atoms with van der Waals surface area (Å²) in [6.45, 7) is 4.94. The highest BCUT2D eigenvalue weighted by molar-refractivity contribution is 7.20. The van der Waals surface area contributed by atoms with Crippen LogP contribution in [0.2, 0.25) is 0 Å². The first kappa shape index (κ1) is 69.2. The Morgan fingerprint density at radius 2 is 1.53 bits per heavy atom. The van der Waals surface area contributed by atoms with Crippen LogP contribution in [-0.2, 0) is 44.5 Å². The third-order valence-corrected chi connectivity index (χ3v) is 19.1. The number of ketones is 1. The molecule has 0 spiro atoms. The molecule has 93 heavy (non-hydrogen) atoms. The number of unbranched alkanes of at least 4 members (excludes halogenated alkanes) is 3. The molecule has 9 rings (SSSR count). The van der Waals surface area contributed by atoms with Gasteiger partial charge in [-0.15, -0.1) is 11.3 Å². The molecule has 5 aromatic rings. The number of likely N-dealkylation sites (tertiary alicyclic amines) is 2. The number of esters is 1. The molecule has 3 heterocycles. The molecule has 1 aromatic heterocycles. The molecule has 2 fully saturated rings. The second kappa shape index (κ2) is 34.1. The normalized spacial score (nSPS) is 19.0. The van der Waals surface area contributed by atoms with Crippen molar-refractivity contribution in [2.45, 2.75) is 134 Å². The number of nitrogens with zero attached hydrogens (tertiary/aromatic N) is 2. The number of aryl methyl sites for hydroxylation is 1. The first-order valence-electron chi connectivity index (χ1n) is 32.6. The summed E-state index contributed by atoms with van der Waals surface area (Å²) in [5.74, 6) is 1.88. The van der Waals surface area contributed by atoms with E-state index < -0.39 is 36.2 Å². The minimum Gasteiger partial charge on any atom is -0.508 e. The number of allylic oxidation sites excluding steroid dienone is 3. The highest BCUT2D eigenvalue weighted by Gasteiger charge is 2.40. The zero-order chi connectivity index (χ0) is 65.8. The van der Waals surface area contributed by atoms with Gasteiger partial charge in [0.15, 0.2) is 35.4 Å². The van der Waals surface area contributed by atoms with Crippen molar-refractivity contribution in [3.8, 4) is 28.7 Å². The topological polar surface area (TPSA) is 230 Å². The maximum atomic E-state index is 14.6. The summed E-state index contributed by atoms with van der Waals surface area (Å²) in [6, 6.07) is 24.0. The third-order valence-electron chi connectivity index (χ3n) is 17.9. The number of rotatable bonds is 32. The van der Waals surface area contributed by atoms with Crippen LogP contribution in [0.3, 0.4) is 0 Å². The number of aliphatic hydroxyl groups is 1. The summed E-state index contributed by atoms with van der Waals surface area (Å²) in [5, 5.41) is 27.1. The number of hydrogen-bond acceptors (Lipinski definition) is 17. The predicted molar refractivity (Wildman–Crippen MR) is 357 cm³/mol. The van der Waals surface area contributed by atoms with E-state index in [4.69, 9.17) is 37.9 Å². The lowest BCUT2D eigenvalue weighted by molar-refractivity contribution is -0.163. The Morgan fingerprint density at radius 1 is 0.763 bits per heavy atom. The highest BCUT2D eigenvalue weighted by Crippen LogP contribution is 2.41. The molecule has 4 aliphatic rings. The Labute approximate surface area is 549 Å². The second-order valence-electron chi connectivity index (χ2n) is 23.9. The first-order valence-corrected chi connectivity index (χ1v) is 33.4. The van der Waals surface area contributed by atoms with Crippen molar-refractivity contribution < 1.29 is 72.1 Å². The number of carbonyl (C=O) groups excluding carboxylic acids is 5. The molecule has 0 saturated carbocycles. The van der Waals surface area contributed by atoms with Crippen LogP contribution in [0, 0.1) is 5.92 Å². The van der Waals surface area contributed by atoms with Gasteiger partial charge in [0.1, 0.15) is 42.1 Å². The number of thiophene rings is 1. The van der Waals surface area contributed by atoms with Crippen LogP contribution < -0.4 is 29.6 Å². The Balaban J connectivity index is 0.713. The molecular formula is C73H90N4O15S. The van der Waals surface area contributed by atoms with Crippen LogP contribution in [0.5, 0.6) is 28.7 Å². The summed E-state index contributed by atoms with van der Waals surface area (Å²) in [7, 11) is 7.89. The molecule has 4 aromatic carbocycles. The van der Waals surface area contributed by atoms with Crippen molar-refractivity contribution >= 4 is 56.5 Å². The van der Waals surface area contributed by atoms with Gasteiger partial charge in [0.2, 0.25) is 11.8 Å². The minimum absolute atomic E-state index is 0.0181. The quantitative estimate of drug-likeness (QED) is 0.0178. The van der Waals surface area contributed by atoms with Crippen molar-refractivity contribution in [3.63, 3.8) is 0 Å². The zero-order valence-electron chi connectivity index (χ0n) is 54.4. The lowest BCUT2D eigenvalue weighted by atomic mass is 9.85. The summed E-state index contributed by atoms with van der Waals surface area (Å²) in [5.41, 5.74) is 4.40. The van der Waals surface area contributed by atoms with Crippen molar-refractivity contribution in [1.29, 1.82) is 0 Å². The SMILES string of the molecule is CC[C@H](C(=O)N1CCCC[C@H]1C(=O)OC(CCc1ccc(OC)c(OC)c1)c1cccc(OCC(=O)NCCCCCCNC(=O)C2CCCCN2CCOc2ccc(C(=O)c3c(C4=CCC(O)C=C4)sc4cc(O)ccc34)cc2)c1)C1=CC(OC)=C(OC)C(OC)C1. The highest BCUT2D eigenvalue weighted by atomic mass is 32.1. The fourth-order valence-electron chi connectivity index (χ4n) is 12.8. The maximum absolute atomic E-state index is 14.6. The summed E-state index contributed by atoms with van der Waals surface area (Å²) >= 11 is 1.44. The Morgan fingerprint density at radius 3 is 2.25 bits per heavy atom. The van der Waals surface area contributed by atoms with E-state index in [1.165, 1.54) is 11.3 Å². The molecule has 0 bridgehead atoms. The van der Waals surface area contributed by atoms with E-state index in [0.29, 0.717) is 123 Å². The number of ether oxygens (including phenoxy) is 8. The summed E-state index contributed by atoms with van der Waals surface area (Å²) in [6.07, 6.45) is 16.0. The van der Waals surface area contributed by atoms with Crippen molar-refractivity contribution in [2.24, 2.45) is 5.92 Å². The molecule has 3 amide bonds. The Bertz CT molecular complexity index is 3520. The zero-order valence-corrected chi connectivity index (χ0v) is 55.2. The molecule has 19 nitrogen and oxygen atoms in total. The monoisotopic (exact) mass is 1290 g/mol. The molecule has 20 heteroatoms. The van der Waals surface area contributed by atoms with Gasteiger partial charge in [-0.1, -0.05) is 68.2 Å². The van der Waals surface area contributed by atoms with E-state index in [2.05, 4.69) is 15.5 Å². The van der Waals surface area contributed by atoms with E-state index in [1.807, 2.05) is 55.5 Å². The number of methoxy groups -OCH3 is 5. The third kappa shape index (κ3) is 18.0. The lowest BCUT2D eigenvalue weighted by Crippen LogP contribution is -2.51. The van der Waals surface area contributed by atoms with E-state index in [0.717, 1.165) is 96.0 Å². The number of benzene rings is 4. The van der Waals surface area contributed by atoms with Gasteiger partial charge in [0, 0.05) is 65.8 Å². The van der Waals surface area contributed by atoms with Gasteiger partial charge in [-0.2, -0.15) is 0 Å². The van der Waals surface area contributed by atoms with E-state index in [1.54, 1.807) is 101 Å². The van der Waals surface area contributed by atoms with E-state index in [-0.39, 0.29) is 41.9 Å². The molecule has 2 saturated heterocycles. The van der Waals surface area contributed by atoms with Gasteiger partial charge in [0.25, 0.3) is 5.91 Å². The van der Waals surface area contributed by atoms with Crippen molar-refractivity contribution in [2.75, 3.05) is 81.5 Å². The number of aromatic hydroxyl groups is 1. The fourth-order valence-corrected chi connectivity index (χ4v) is 14.1. The summed E-state index contributed by atoms with van der Waals surface area (Å²) < 4.78 is 47.6. The lowest BCUT2D eigenvalue weighted by Gasteiger charge is -2.38. The average molecular weight is 1300 g/mol. The van der Waals surface area contributed by atoms with Crippen molar-refractivity contribution in [1.82, 2.24) is 20.4 Å². The van der Waals surface area contributed by atoms with Crippen LogP contribution >= 0.6 is 11.3 Å². The van der Waals surface area contributed by atoms with Gasteiger partial charge < -0.3 is 63.6 Å². The van der Waals surface area contributed by atoms with Crippen LogP contribution in [-0.4, -0.2) is 155 Å². The van der Waals surface area contributed by atoms with Gasteiger partial charge in [-0.25, -0.2) is 4.79 Å². The number of phenolic OH excluding ortho intramolecular Hbond substituents is 1. The minimum atomic E-state index is -0.796. The van der Waals surface area contributed by atoms with Crippen LogP contribution in [0.4, 0.5) is 0 Å². The number of carbonyl (C=O) groups is 5. The summed E-state index contributed by atoms with van der Waals surface area (Å²) in [4.78, 5) is 74.6. The predicted octanol–water partition coefficient (Wildman–Crippen LogP) is 11.1. The Hall–Kier alpha value is -8.17. The number of amides is 3. The van der Waals surface area contributed by atoms with Crippen molar-refractivity contribution in [3.05, 3.63) is 153 Å². The van der Waals surface area contributed by atoms with E-state index >= 15 is 0 Å². The standard InChI is InChI=1S/C73H90N4O15S/c1-7-56(51-43-63(87-4)69(89-6)64(44-51)88-5)72(83)77-38-15-11-20-59(77)73(84)92-60(33-21-47-22-34-61(85-2)62(41-47)86-3)50-17-16-18-55(42-50)91-46-66(80)74-35-12-8-9-13-36-75-71(82)58-19-10-14-37-76(58)39-40-90-54-30-25-48(26-31-54)68(81)67-57-32-29-53(79)45-65(57)93-70(67)49-23-27-52(78)28-24-49/h16-18,22-27,29-32,34,41-43,45,52,56,58-60,64,78-79H,7-15,19-21,28,33,35-40,44,46H2,1-6H3,(H,74,80)(H,75,82)/t52?,56-,58?,59-,60?,64?/m0/s1. The number of phenols is 1. The van der Waals surface area contributed by atoms with Gasteiger partial charge in [-0.3, -0.25) is 24.1 Å². The van der Waals surface area contributed by atoms with Crippen LogP contribution in [0.25, 0.3) is 15.7 Å². The molecular weight excluding hydrogens is 1200 g/mol. The molecule has 498 valence electrons. The van der Waals surface area contributed by atoms with E-state index in [9.17, 15) is 34.2 Å². The van der Waals surface area contributed by atoms with Crippen LogP contribution in [0.1, 0.15) is 135 Å². The Kier molecular flexibility index (Phi) is 25.4. The largest absolute Gasteiger partial charge is 0.508 e. The molecule has 2 aliphatic carbocycles. The number of aliphatic hydroxyl groups excluding tert-OH is 1. The number of nitrogens with one attached hydrogen (secondary N) is 2. The number of fused-ring (bicyclic) bond motifs is 1. The number of piperidine rings is 2. The first-order chi connectivity index (χ1) is 45.2. The van der Waals surface area contributed by atoms with Crippen LogP contribution in [0.15, 0.2) is 126 Å². The van der Waals surface area contributed by atoms with Gasteiger partial charge in [0.05, 0.1) is 46.5 Å². The smallest absolute Gasteiger partial charge is 0.329 e. The molecule has 2 aliphatic heterocycles. The average Bonchev–Trinajstić information content (AvgIpc) is 1.66.